The minimum atomic E-state index is -0.432. The van der Waals surface area contributed by atoms with Crippen LogP contribution < -0.4 is 5.32 Å². The van der Waals surface area contributed by atoms with Crippen molar-refractivity contribution in [3.8, 4) is 11.5 Å². The number of aromatic nitrogens is 4. The van der Waals surface area contributed by atoms with Crippen molar-refractivity contribution < 1.29 is 9.21 Å². The van der Waals surface area contributed by atoms with Crippen molar-refractivity contribution in [1.29, 1.82) is 0 Å². The van der Waals surface area contributed by atoms with Crippen molar-refractivity contribution in [1.82, 2.24) is 25.3 Å². The molecule has 9 heteroatoms. The molecule has 28 heavy (non-hydrogen) atoms. The second-order valence-electron chi connectivity index (χ2n) is 7.86. The number of nitrogens with zero attached hydrogens (tertiary/aromatic N) is 4. The quantitative estimate of drug-likeness (QED) is 0.695. The number of halogens is 1. The van der Waals surface area contributed by atoms with E-state index in [1.54, 1.807) is 18.3 Å². The first-order valence-corrected chi connectivity index (χ1v) is 9.93. The Kier molecular flexibility index (Phi) is 4.04. The highest BCUT2D eigenvalue weighted by atomic mass is 35.5. The number of aromatic amines is 1. The zero-order valence-corrected chi connectivity index (χ0v) is 16.3. The maximum atomic E-state index is 12.7. The Morgan fingerprint density at radius 1 is 1.29 bits per heavy atom. The van der Waals surface area contributed by atoms with E-state index >= 15 is 0 Å². The van der Waals surface area contributed by atoms with Crippen molar-refractivity contribution in [3.05, 3.63) is 23.4 Å². The predicted molar refractivity (Wildman–Crippen MR) is 105 cm³/mol. The number of likely N-dealkylation sites (tertiary alicyclic amines) is 1. The third-order valence-electron chi connectivity index (χ3n) is 6.02. The third-order valence-corrected chi connectivity index (χ3v) is 6.35. The number of hydrogen-bond donors (Lipinski definition) is 2. The maximum Gasteiger partial charge on any atom is 0.316 e. The largest absolute Gasteiger partial charge is 0.403 e. The highest BCUT2D eigenvalue weighted by molar-refractivity contribution is 6.35. The molecular formula is C19H21ClN6O2. The van der Waals surface area contributed by atoms with Gasteiger partial charge in [0.25, 0.3) is 5.89 Å². The fourth-order valence-corrected chi connectivity index (χ4v) is 4.18. The van der Waals surface area contributed by atoms with E-state index in [1.807, 2.05) is 11.8 Å². The van der Waals surface area contributed by atoms with Gasteiger partial charge >= 0.3 is 6.01 Å². The molecular weight excluding hydrogens is 380 g/mol. The molecule has 5 rings (SSSR count). The molecule has 1 aromatic carbocycles. The van der Waals surface area contributed by atoms with Gasteiger partial charge in [0, 0.05) is 18.5 Å². The van der Waals surface area contributed by atoms with Gasteiger partial charge < -0.3 is 14.6 Å². The molecule has 0 unspecified atom stereocenters. The summed E-state index contributed by atoms with van der Waals surface area (Å²) in [4.78, 5) is 14.7. The van der Waals surface area contributed by atoms with E-state index in [9.17, 15) is 4.79 Å². The van der Waals surface area contributed by atoms with Crippen LogP contribution in [0.1, 0.15) is 32.6 Å². The Labute approximate surface area is 166 Å². The van der Waals surface area contributed by atoms with Crippen LogP contribution in [0, 0.1) is 5.41 Å². The number of amides is 1. The first kappa shape index (κ1) is 17.5. The van der Waals surface area contributed by atoms with Crippen LogP contribution in [0.5, 0.6) is 0 Å². The van der Waals surface area contributed by atoms with Crippen molar-refractivity contribution >= 4 is 34.4 Å². The highest BCUT2D eigenvalue weighted by Crippen LogP contribution is 2.53. The van der Waals surface area contributed by atoms with Crippen LogP contribution in [0.4, 0.5) is 6.01 Å². The lowest BCUT2D eigenvalue weighted by atomic mass is 9.93. The molecule has 1 saturated carbocycles. The van der Waals surface area contributed by atoms with Gasteiger partial charge in [-0.25, -0.2) is 0 Å². The second-order valence-corrected chi connectivity index (χ2v) is 8.26. The number of anilines is 1. The summed E-state index contributed by atoms with van der Waals surface area (Å²) in [6.45, 7) is 3.49. The van der Waals surface area contributed by atoms with E-state index in [-0.39, 0.29) is 11.9 Å². The average molecular weight is 401 g/mol. The molecule has 2 N–H and O–H groups in total. The second kappa shape index (κ2) is 6.48. The first-order chi connectivity index (χ1) is 13.5. The van der Waals surface area contributed by atoms with E-state index in [0.29, 0.717) is 21.9 Å². The lowest BCUT2D eigenvalue weighted by molar-refractivity contribution is -0.133. The molecule has 1 amide bonds. The highest BCUT2D eigenvalue weighted by Gasteiger charge is 2.45. The Balaban J connectivity index is 1.29. The minimum absolute atomic E-state index is 0.0673. The van der Waals surface area contributed by atoms with Gasteiger partial charge in [-0.2, -0.15) is 5.10 Å². The number of piperidine rings is 1. The van der Waals surface area contributed by atoms with E-state index in [2.05, 4.69) is 25.7 Å². The van der Waals surface area contributed by atoms with Gasteiger partial charge in [-0.1, -0.05) is 16.7 Å². The number of rotatable bonds is 4. The zero-order valence-electron chi connectivity index (χ0n) is 15.5. The van der Waals surface area contributed by atoms with Gasteiger partial charge in [0.05, 0.1) is 22.3 Å². The normalized spacial score (nSPS) is 19.1. The van der Waals surface area contributed by atoms with E-state index in [0.717, 1.165) is 36.8 Å². The Morgan fingerprint density at radius 2 is 2.07 bits per heavy atom. The first-order valence-electron chi connectivity index (χ1n) is 9.55. The number of hydrogen-bond acceptors (Lipinski definition) is 6. The predicted octanol–water partition coefficient (Wildman–Crippen LogP) is 3.47. The van der Waals surface area contributed by atoms with Gasteiger partial charge in [-0.3, -0.25) is 9.89 Å². The van der Waals surface area contributed by atoms with Crippen LogP contribution in [0.3, 0.4) is 0 Å². The molecule has 1 spiro atoms. The average Bonchev–Trinajstić information content (AvgIpc) is 3.11. The van der Waals surface area contributed by atoms with Crippen molar-refractivity contribution in [2.75, 3.05) is 18.4 Å². The van der Waals surface area contributed by atoms with Crippen LogP contribution in [0.25, 0.3) is 22.4 Å². The molecule has 146 valence electrons. The molecule has 1 aliphatic carbocycles. The summed E-state index contributed by atoms with van der Waals surface area (Å²) in [5, 5.41) is 19.5. The molecule has 0 bridgehead atoms. The van der Waals surface area contributed by atoms with Crippen LogP contribution in [-0.4, -0.2) is 50.3 Å². The van der Waals surface area contributed by atoms with E-state index < -0.39 is 6.04 Å². The van der Waals surface area contributed by atoms with Crippen molar-refractivity contribution in [2.24, 2.45) is 5.41 Å². The van der Waals surface area contributed by atoms with Gasteiger partial charge in [0.1, 0.15) is 6.04 Å². The zero-order chi connectivity index (χ0) is 19.3. The standard InChI is InChI=1S/C19H21ClN6O2/c1-11(17(27)26-8-6-19(4-5-19)7-9-26)22-18-25-24-16(28-18)12-2-3-14(20)13-10-21-23-15(12)13/h2-3,10-11H,4-9H2,1H3,(H,21,23)(H,22,25)/t11-/m1/s1. The fraction of sp³-hybridized carbons (Fsp3) is 0.474. The van der Waals surface area contributed by atoms with Gasteiger partial charge in [0.15, 0.2) is 0 Å². The van der Waals surface area contributed by atoms with Crippen LogP contribution >= 0.6 is 11.6 Å². The topological polar surface area (TPSA) is 99.9 Å². The van der Waals surface area contributed by atoms with E-state index in [4.69, 9.17) is 16.0 Å². The van der Waals surface area contributed by atoms with Gasteiger partial charge in [-0.15, -0.1) is 5.10 Å². The molecule has 2 aliphatic rings. The molecule has 2 fully saturated rings. The Morgan fingerprint density at radius 3 is 2.82 bits per heavy atom. The molecule has 1 saturated heterocycles. The molecule has 1 atom stereocenters. The van der Waals surface area contributed by atoms with Gasteiger partial charge in [-0.05, 0) is 50.2 Å². The summed E-state index contributed by atoms with van der Waals surface area (Å²) in [6.07, 6.45) is 6.53. The van der Waals surface area contributed by atoms with Crippen molar-refractivity contribution in [2.45, 2.75) is 38.6 Å². The van der Waals surface area contributed by atoms with Gasteiger partial charge in [0.2, 0.25) is 5.91 Å². The molecule has 3 heterocycles. The lowest BCUT2D eigenvalue weighted by Crippen LogP contribution is -2.45. The van der Waals surface area contributed by atoms with E-state index in [1.165, 1.54) is 12.8 Å². The summed E-state index contributed by atoms with van der Waals surface area (Å²) in [6, 6.07) is 3.35. The number of carbonyl (C=O) groups excluding carboxylic acids is 1. The Bertz CT molecular complexity index is 1030. The summed E-state index contributed by atoms with van der Waals surface area (Å²) >= 11 is 6.18. The molecule has 3 aromatic rings. The molecule has 2 aromatic heterocycles. The third kappa shape index (κ3) is 3.01. The summed E-state index contributed by atoms with van der Waals surface area (Å²) in [7, 11) is 0. The molecule has 0 radical (unpaired) electrons. The SMILES string of the molecule is C[C@@H](Nc1nnc(-c2ccc(Cl)c3cn[nH]c23)o1)C(=O)N1CCC2(CC1)CC2. The number of fused-ring (bicyclic) bond motifs is 1. The Hall–Kier alpha value is -2.61. The number of benzene rings is 1. The summed E-state index contributed by atoms with van der Waals surface area (Å²) < 4.78 is 5.74. The summed E-state index contributed by atoms with van der Waals surface area (Å²) in [5.41, 5.74) is 1.99. The summed E-state index contributed by atoms with van der Waals surface area (Å²) in [5.74, 6) is 0.402. The van der Waals surface area contributed by atoms with Crippen molar-refractivity contribution in [3.63, 3.8) is 0 Å². The van der Waals surface area contributed by atoms with Crippen LogP contribution in [0.2, 0.25) is 5.02 Å². The maximum absolute atomic E-state index is 12.7. The smallest absolute Gasteiger partial charge is 0.316 e. The fourth-order valence-electron chi connectivity index (χ4n) is 3.97. The molecule has 1 aliphatic heterocycles. The lowest BCUT2D eigenvalue weighted by Gasteiger charge is -2.33. The van der Waals surface area contributed by atoms with Crippen LogP contribution in [-0.2, 0) is 4.79 Å². The number of carbonyl (C=O) groups is 1. The minimum Gasteiger partial charge on any atom is -0.403 e. The molecule has 8 nitrogen and oxygen atoms in total. The van der Waals surface area contributed by atoms with Crippen LogP contribution in [0.15, 0.2) is 22.7 Å². The number of nitrogens with one attached hydrogen (secondary N) is 2. The number of H-pyrrole nitrogens is 1. The monoisotopic (exact) mass is 400 g/mol.